The SMILES string of the molecule is Cc1cccc(CN2CC[C@]3(CCCN(C(=O)c4ccncc4)C3)C2=O)n1. The number of nitrogens with zero attached hydrogens (tertiary/aromatic N) is 4. The van der Waals surface area contributed by atoms with Crippen LogP contribution in [0.25, 0.3) is 0 Å². The zero-order valence-electron chi connectivity index (χ0n) is 15.6. The highest BCUT2D eigenvalue weighted by Gasteiger charge is 2.49. The molecule has 0 N–H and O–H groups in total. The summed E-state index contributed by atoms with van der Waals surface area (Å²) in [6.07, 6.45) is 5.77. The van der Waals surface area contributed by atoms with Gasteiger partial charge in [-0.05, 0) is 50.5 Å². The van der Waals surface area contributed by atoms with Crippen LogP contribution < -0.4 is 0 Å². The minimum atomic E-state index is -0.440. The molecule has 2 aliphatic rings. The zero-order chi connectivity index (χ0) is 18.9. The average Bonchev–Trinajstić information content (AvgIpc) is 2.97. The molecule has 0 bridgehead atoms. The Morgan fingerprint density at radius 2 is 1.96 bits per heavy atom. The predicted molar refractivity (Wildman–Crippen MR) is 101 cm³/mol. The molecular weight excluding hydrogens is 340 g/mol. The van der Waals surface area contributed by atoms with Crippen LogP contribution >= 0.6 is 0 Å². The lowest BCUT2D eigenvalue weighted by atomic mass is 9.78. The van der Waals surface area contributed by atoms with Crippen molar-refractivity contribution in [1.82, 2.24) is 19.8 Å². The summed E-state index contributed by atoms with van der Waals surface area (Å²) >= 11 is 0. The Morgan fingerprint density at radius 3 is 2.74 bits per heavy atom. The second-order valence-corrected chi connectivity index (χ2v) is 7.59. The van der Waals surface area contributed by atoms with E-state index in [2.05, 4.69) is 9.97 Å². The maximum absolute atomic E-state index is 13.2. The summed E-state index contributed by atoms with van der Waals surface area (Å²) in [5.74, 6) is 0.154. The molecule has 27 heavy (non-hydrogen) atoms. The molecule has 2 aliphatic heterocycles. The first-order valence-corrected chi connectivity index (χ1v) is 9.49. The molecule has 0 aliphatic carbocycles. The number of aromatic nitrogens is 2. The highest BCUT2D eigenvalue weighted by atomic mass is 16.2. The molecule has 2 aromatic heterocycles. The molecule has 1 spiro atoms. The van der Waals surface area contributed by atoms with Crippen LogP contribution in [-0.2, 0) is 11.3 Å². The Morgan fingerprint density at radius 1 is 1.15 bits per heavy atom. The van der Waals surface area contributed by atoms with Gasteiger partial charge < -0.3 is 9.80 Å². The lowest BCUT2D eigenvalue weighted by Gasteiger charge is -2.39. The van der Waals surface area contributed by atoms with Gasteiger partial charge in [0.1, 0.15) is 0 Å². The van der Waals surface area contributed by atoms with E-state index < -0.39 is 5.41 Å². The van der Waals surface area contributed by atoms with E-state index in [4.69, 9.17) is 0 Å². The lowest BCUT2D eigenvalue weighted by Crippen LogP contribution is -2.49. The predicted octanol–water partition coefficient (Wildman–Crippen LogP) is 2.44. The van der Waals surface area contributed by atoms with Gasteiger partial charge in [0.15, 0.2) is 0 Å². The molecule has 0 aromatic carbocycles. The van der Waals surface area contributed by atoms with Crippen molar-refractivity contribution in [3.63, 3.8) is 0 Å². The van der Waals surface area contributed by atoms with Crippen molar-refractivity contribution in [1.29, 1.82) is 0 Å². The Kier molecular flexibility index (Phi) is 4.64. The summed E-state index contributed by atoms with van der Waals surface area (Å²) in [6.45, 7) is 4.44. The number of carbonyl (C=O) groups excluding carboxylic acids is 2. The number of hydrogen-bond donors (Lipinski definition) is 0. The van der Waals surface area contributed by atoms with Crippen LogP contribution in [0.1, 0.15) is 41.0 Å². The molecule has 140 valence electrons. The standard InChI is InChI=1S/C21H24N4O2/c1-16-4-2-5-18(23-16)14-24-13-9-21(20(24)27)8-3-12-25(15-21)19(26)17-6-10-22-11-7-17/h2,4-7,10-11H,3,8-9,12-15H2,1H3/t21-/m0/s1. The van der Waals surface area contributed by atoms with E-state index in [9.17, 15) is 9.59 Å². The first-order valence-electron chi connectivity index (χ1n) is 9.49. The van der Waals surface area contributed by atoms with Gasteiger partial charge in [0.05, 0.1) is 17.7 Å². The summed E-state index contributed by atoms with van der Waals surface area (Å²) < 4.78 is 0. The second kappa shape index (κ2) is 7.10. The largest absolute Gasteiger partial charge is 0.338 e. The minimum Gasteiger partial charge on any atom is -0.338 e. The quantitative estimate of drug-likeness (QED) is 0.839. The highest BCUT2D eigenvalue weighted by molar-refractivity contribution is 5.95. The maximum atomic E-state index is 13.2. The van der Waals surface area contributed by atoms with E-state index in [-0.39, 0.29) is 11.8 Å². The molecule has 2 saturated heterocycles. The number of hydrogen-bond acceptors (Lipinski definition) is 4. The van der Waals surface area contributed by atoms with Crippen molar-refractivity contribution in [2.75, 3.05) is 19.6 Å². The van der Waals surface area contributed by atoms with Gasteiger partial charge in [-0.15, -0.1) is 0 Å². The third-order valence-corrected chi connectivity index (χ3v) is 5.69. The summed E-state index contributed by atoms with van der Waals surface area (Å²) in [4.78, 5) is 38.3. The van der Waals surface area contributed by atoms with Crippen LogP contribution in [0.5, 0.6) is 0 Å². The number of amides is 2. The summed E-state index contributed by atoms with van der Waals surface area (Å²) in [7, 11) is 0. The van der Waals surface area contributed by atoms with Gasteiger partial charge in [-0.2, -0.15) is 0 Å². The molecule has 2 aromatic rings. The Bertz CT molecular complexity index is 854. The Hall–Kier alpha value is -2.76. The summed E-state index contributed by atoms with van der Waals surface area (Å²) in [5, 5.41) is 0. The summed E-state index contributed by atoms with van der Waals surface area (Å²) in [5.41, 5.74) is 2.07. The van der Waals surface area contributed by atoms with Gasteiger partial charge in [-0.25, -0.2) is 0 Å². The normalized spacial score (nSPS) is 22.5. The smallest absolute Gasteiger partial charge is 0.253 e. The topological polar surface area (TPSA) is 66.4 Å². The van der Waals surface area contributed by atoms with Crippen molar-refractivity contribution < 1.29 is 9.59 Å². The Labute approximate surface area is 159 Å². The first kappa shape index (κ1) is 17.6. The second-order valence-electron chi connectivity index (χ2n) is 7.59. The fourth-order valence-electron chi connectivity index (χ4n) is 4.29. The lowest BCUT2D eigenvalue weighted by molar-refractivity contribution is -0.138. The van der Waals surface area contributed by atoms with Crippen LogP contribution in [0.15, 0.2) is 42.7 Å². The van der Waals surface area contributed by atoms with Gasteiger partial charge in [0.25, 0.3) is 5.91 Å². The van der Waals surface area contributed by atoms with Crippen LogP contribution in [0.2, 0.25) is 0 Å². The van der Waals surface area contributed by atoms with Gasteiger partial charge in [0, 0.05) is 43.3 Å². The number of piperidine rings is 1. The van der Waals surface area contributed by atoms with Gasteiger partial charge in [-0.3, -0.25) is 19.6 Å². The average molecular weight is 364 g/mol. The third kappa shape index (κ3) is 3.44. The van der Waals surface area contributed by atoms with E-state index in [0.29, 0.717) is 25.2 Å². The third-order valence-electron chi connectivity index (χ3n) is 5.69. The van der Waals surface area contributed by atoms with Crippen LogP contribution in [0.4, 0.5) is 0 Å². The maximum Gasteiger partial charge on any atom is 0.253 e. The molecule has 4 heterocycles. The monoisotopic (exact) mass is 364 g/mol. The molecule has 0 radical (unpaired) electrons. The van der Waals surface area contributed by atoms with E-state index in [0.717, 1.165) is 37.2 Å². The van der Waals surface area contributed by atoms with Crippen molar-refractivity contribution in [2.24, 2.45) is 5.41 Å². The molecule has 6 heteroatoms. The minimum absolute atomic E-state index is 0.0110. The van der Waals surface area contributed by atoms with Crippen LogP contribution in [-0.4, -0.2) is 51.2 Å². The number of carbonyl (C=O) groups is 2. The van der Waals surface area contributed by atoms with E-state index >= 15 is 0 Å². The fraction of sp³-hybridized carbons (Fsp3) is 0.429. The van der Waals surface area contributed by atoms with E-state index in [1.807, 2.05) is 34.9 Å². The molecule has 2 fully saturated rings. The number of likely N-dealkylation sites (tertiary alicyclic amines) is 2. The van der Waals surface area contributed by atoms with Crippen molar-refractivity contribution in [3.05, 3.63) is 59.7 Å². The van der Waals surface area contributed by atoms with Crippen LogP contribution in [0.3, 0.4) is 0 Å². The molecule has 0 unspecified atom stereocenters. The van der Waals surface area contributed by atoms with E-state index in [1.165, 1.54) is 0 Å². The number of aryl methyl sites for hydroxylation is 1. The molecular formula is C21H24N4O2. The molecule has 0 saturated carbocycles. The van der Waals surface area contributed by atoms with Crippen molar-refractivity contribution in [2.45, 2.75) is 32.7 Å². The first-order chi connectivity index (χ1) is 13.1. The molecule has 6 nitrogen and oxygen atoms in total. The van der Waals surface area contributed by atoms with Crippen molar-refractivity contribution in [3.8, 4) is 0 Å². The van der Waals surface area contributed by atoms with Crippen molar-refractivity contribution >= 4 is 11.8 Å². The molecule has 1 atom stereocenters. The number of pyridine rings is 2. The number of rotatable bonds is 3. The van der Waals surface area contributed by atoms with E-state index in [1.54, 1.807) is 24.5 Å². The highest BCUT2D eigenvalue weighted by Crippen LogP contribution is 2.40. The van der Waals surface area contributed by atoms with Crippen LogP contribution in [0, 0.1) is 12.3 Å². The van der Waals surface area contributed by atoms with Gasteiger partial charge in [-0.1, -0.05) is 6.07 Å². The Balaban J connectivity index is 1.48. The zero-order valence-corrected chi connectivity index (χ0v) is 15.6. The molecule has 4 rings (SSSR count). The fourth-order valence-corrected chi connectivity index (χ4v) is 4.29. The molecule has 2 amide bonds. The van der Waals surface area contributed by atoms with Gasteiger partial charge in [0.2, 0.25) is 5.91 Å². The van der Waals surface area contributed by atoms with Gasteiger partial charge >= 0.3 is 0 Å². The summed E-state index contributed by atoms with van der Waals surface area (Å²) in [6, 6.07) is 9.36.